The van der Waals surface area contributed by atoms with E-state index >= 15 is 0 Å². The van der Waals surface area contributed by atoms with Crippen LogP contribution < -0.4 is 0 Å². The van der Waals surface area contributed by atoms with Gasteiger partial charge in [-0.1, -0.05) is 0 Å². The highest BCUT2D eigenvalue weighted by Crippen LogP contribution is 1.95. The van der Waals surface area contributed by atoms with E-state index in [0.29, 0.717) is 6.26 Å². The number of carbonyl (C=O) groups is 1. The standard InChI is InChI=1S/C4H6O6S/c1-3(4(5)6)2-10-11(7,8)9/h2H,1H3,(H,5,6)(H,7,8,9). The maximum Gasteiger partial charge on any atom is 0.445 e. The molecule has 0 aliphatic heterocycles. The summed E-state index contributed by atoms with van der Waals surface area (Å²) in [6, 6.07) is 0. The molecule has 0 spiro atoms. The van der Waals surface area contributed by atoms with Gasteiger partial charge in [-0.2, -0.15) is 8.42 Å². The Balaban J connectivity index is 4.27. The van der Waals surface area contributed by atoms with E-state index in [4.69, 9.17) is 9.66 Å². The molecule has 0 rings (SSSR count). The molecule has 0 bridgehead atoms. The van der Waals surface area contributed by atoms with Crippen LogP contribution in [-0.2, 0) is 19.4 Å². The van der Waals surface area contributed by atoms with Gasteiger partial charge < -0.3 is 9.29 Å². The van der Waals surface area contributed by atoms with Crippen molar-refractivity contribution >= 4 is 16.4 Å². The number of carboxylic acids is 1. The molecular formula is C4H6O6S. The topological polar surface area (TPSA) is 101 Å². The number of aliphatic carboxylic acids is 1. The van der Waals surface area contributed by atoms with Crippen LogP contribution in [0.2, 0.25) is 0 Å². The fourth-order valence-corrected chi connectivity index (χ4v) is 0.449. The Kier molecular flexibility index (Phi) is 3.02. The second-order valence-corrected chi connectivity index (χ2v) is 2.68. The third-order valence-electron chi connectivity index (χ3n) is 0.684. The molecule has 0 atom stereocenters. The smallest absolute Gasteiger partial charge is 0.445 e. The highest BCUT2D eigenvalue weighted by molar-refractivity contribution is 7.81. The van der Waals surface area contributed by atoms with Gasteiger partial charge in [-0.05, 0) is 6.92 Å². The van der Waals surface area contributed by atoms with Crippen LogP contribution in [0.25, 0.3) is 0 Å². The molecule has 0 saturated carbocycles. The minimum Gasteiger partial charge on any atom is -0.478 e. The fraction of sp³-hybridized carbons (Fsp3) is 0.250. The molecule has 2 N–H and O–H groups in total. The fourth-order valence-electron chi connectivity index (χ4n) is 0.183. The summed E-state index contributed by atoms with van der Waals surface area (Å²) in [6.45, 7) is 1.12. The lowest BCUT2D eigenvalue weighted by Gasteiger charge is -1.93. The van der Waals surface area contributed by atoms with Crippen LogP contribution in [0.5, 0.6) is 0 Å². The predicted molar refractivity (Wildman–Crippen MR) is 34.0 cm³/mol. The molecule has 0 fully saturated rings. The van der Waals surface area contributed by atoms with Crippen LogP contribution >= 0.6 is 0 Å². The van der Waals surface area contributed by atoms with Gasteiger partial charge in [0.1, 0.15) is 6.26 Å². The van der Waals surface area contributed by atoms with Gasteiger partial charge in [-0.15, -0.1) is 0 Å². The Morgan fingerprint density at radius 2 is 2.00 bits per heavy atom. The highest BCUT2D eigenvalue weighted by atomic mass is 32.3. The molecule has 0 radical (unpaired) electrons. The molecular weight excluding hydrogens is 176 g/mol. The van der Waals surface area contributed by atoms with Gasteiger partial charge in [-0.3, -0.25) is 4.55 Å². The Labute approximate surface area is 63.1 Å². The molecule has 0 saturated heterocycles. The zero-order chi connectivity index (χ0) is 9.07. The van der Waals surface area contributed by atoms with E-state index in [-0.39, 0.29) is 5.57 Å². The monoisotopic (exact) mass is 182 g/mol. The van der Waals surface area contributed by atoms with Crippen LogP contribution in [0, 0.1) is 0 Å². The zero-order valence-corrected chi connectivity index (χ0v) is 6.33. The molecule has 7 heteroatoms. The van der Waals surface area contributed by atoms with E-state index in [1.165, 1.54) is 0 Å². The molecule has 0 aromatic heterocycles. The maximum absolute atomic E-state index is 9.99. The molecule has 6 nitrogen and oxygen atoms in total. The van der Waals surface area contributed by atoms with Crippen LogP contribution in [-0.4, -0.2) is 24.0 Å². The molecule has 0 unspecified atom stereocenters. The second kappa shape index (κ2) is 3.35. The quantitative estimate of drug-likeness (QED) is 0.356. The summed E-state index contributed by atoms with van der Waals surface area (Å²) < 4.78 is 31.3. The third kappa shape index (κ3) is 5.37. The number of hydrogen-bond donors (Lipinski definition) is 2. The second-order valence-electron chi connectivity index (χ2n) is 1.63. The average molecular weight is 182 g/mol. The van der Waals surface area contributed by atoms with Crippen molar-refractivity contribution in [1.29, 1.82) is 0 Å². The normalized spacial score (nSPS) is 12.7. The number of rotatable bonds is 3. The lowest BCUT2D eigenvalue weighted by Crippen LogP contribution is -2.02. The first-order valence-corrected chi connectivity index (χ1v) is 3.75. The minimum absolute atomic E-state index is 0.331. The summed E-state index contributed by atoms with van der Waals surface area (Å²) in [6.07, 6.45) is 0.428. The van der Waals surface area contributed by atoms with Crippen LogP contribution in [0.1, 0.15) is 6.92 Å². The summed E-state index contributed by atoms with van der Waals surface area (Å²) in [5.41, 5.74) is -0.331. The van der Waals surface area contributed by atoms with Crippen molar-refractivity contribution in [2.75, 3.05) is 0 Å². The summed E-state index contributed by atoms with van der Waals surface area (Å²) in [4.78, 5) is 9.99. The Morgan fingerprint density at radius 3 is 2.27 bits per heavy atom. The van der Waals surface area contributed by atoms with Gasteiger partial charge in [-0.25, -0.2) is 4.79 Å². The summed E-state index contributed by atoms with van der Waals surface area (Å²) in [5, 5.41) is 8.15. The van der Waals surface area contributed by atoms with Gasteiger partial charge in [0.25, 0.3) is 0 Å². The summed E-state index contributed by atoms with van der Waals surface area (Å²) >= 11 is 0. The summed E-state index contributed by atoms with van der Waals surface area (Å²) in [5.74, 6) is -1.33. The largest absolute Gasteiger partial charge is 0.478 e. The lowest BCUT2D eigenvalue weighted by molar-refractivity contribution is -0.132. The Hall–Kier alpha value is -1.08. The maximum atomic E-state index is 9.99. The molecule has 0 aromatic rings. The van der Waals surface area contributed by atoms with Gasteiger partial charge in [0.2, 0.25) is 0 Å². The van der Waals surface area contributed by atoms with E-state index in [2.05, 4.69) is 4.18 Å². The molecule has 0 aliphatic rings. The van der Waals surface area contributed by atoms with Crippen molar-refractivity contribution in [3.63, 3.8) is 0 Å². The van der Waals surface area contributed by atoms with Crippen molar-refractivity contribution < 1.29 is 27.1 Å². The highest BCUT2D eigenvalue weighted by Gasteiger charge is 2.04. The van der Waals surface area contributed by atoms with E-state index in [9.17, 15) is 13.2 Å². The predicted octanol–water partition coefficient (Wildman–Crippen LogP) is -0.206. The first kappa shape index (κ1) is 9.92. The zero-order valence-electron chi connectivity index (χ0n) is 5.51. The molecule has 0 aliphatic carbocycles. The van der Waals surface area contributed by atoms with Crippen LogP contribution in [0.3, 0.4) is 0 Å². The van der Waals surface area contributed by atoms with Gasteiger partial charge in [0.15, 0.2) is 0 Å². The molecule has 0 aromatic carbocycles. The average Bonchev–Trinajstić information content (AvgIpc) is 1.80. The SMILES string of the molecule is CC(=COS(=O)(=O)O)C(=O)O. The Bertz CT molecular complexity index is 273. The van der Waals surface area contributed by atoms with E-state index in [1.54, 1.807) is 0 Å². The van der Waals surface area contributed by atoms with Gasteiger partial charge >= 0.3 is 16.4 Å². The van der Waals surface area contributed by atoms with Gasteiger partial charge in [0.05, 0.1) is 5.57 Å². The van der Waals surface area contributed by atoms with Crippen LogP contribution in [0.4, 0.5) is 0 Å². The van der Waals surface area contributed by atoms with Crippen molar-refractivity contribution in [1.82, 2.24) is 0 Å². The lowest BCUT2D eigenvalue weighted by atomic mass is 10.4. The van der Waals surface area contributed by atoms with E-state index in [0.717, 1.165) is 6.92 Å². The van der Waals surface area contributed by atoms with Crippen molar-refractivity contribution in [3.8, 4) is 0 Å². The molecule has 64 valence electrons. The third-order valence-corrected chi connectivity index (χ3v) is 1.02. The first-order chi connectivity index (χ1) is 4.83. The summed E-state index contributed by atoms with van der Waals surface area (Å²) in [7, 11) is -4.59. The minimum atomic E-state index is -4.59. The van der Waals surface area contributed by atoms with E-state index < -0.39 is 16.4 Å². The Morgan fingerprint density at radius 1 is 1.55 bits per heavy atom. The molecule has 0 heterocycles. The van der Waals surface area contributed by atoms with Gasteiger partial charge in [0, 0.05) is 0 Å². The first-order valence-electron chi connectivity index (χ1n) is 2.38. The van der Waals surface area contributed by atoms with Crippen molar-refractivity contribution in [3.05, 3.63) is 11.8 Å². The van der Waals surface area contributed by atoms with E-state index in [1.807, 2.05) is 0 Å². The number of hydrogen-bond acceptors (Lipinski definition) is 4. The van der Waals surface area contributed by atoms with Crippen LogP contribution in [0.15, 0.2) is 11.8 Å². The number of carboxylic acid groups (broad SMARTS) is 1. The van der Waals surface area contributed by atoms with Crippen molar-refractivity contribution in [2.24, 2.45) is 0 Å². The molecule has 11 heavy (non-hydrogen) atoms. The van der Waals surface area contributed by atoms with Crippen molar-refractivity contribution in [2.45, 2.75) is 6.92 Å². The molecule has 0 amide bonds.